The van der Waals surface area contributed by atoms with Gasteiger partial charge in [-0.25, -0.2) is 0 Å². The van der Waals surface area contributed by atoms with Gasteiger partial charge in [-0.1, -0.05) is 6.07 Å². The summed E-state index contributed by atoms with van der Waals surface area (Å²) in [6.07, 6.45) is -0.562. The number of phenols is 1. The van der Waals surface area contributed by atoms with Crippen molar-refractivity contribution in [3.63, 3.8) is 0 Å². The Morgan fingerprint density at radius 1 is 1.47 bits per heavy atom. The zero-order chi connectivity index (χ0) is 11.0. The summed E-state index contributed by atoms with van der Waals surface area (Å²) < 4.78 is 5.04. The minimum Gasteiger partial charge on any atom is -0.504 e. The van der Waals surface area contributed by atoms with E-state index in [0.29, 0.717) is 12.3 Å². The molecule has 0 fully saturated rings. The van der Waals surface area contributed by atoms with Gasteiger partial charge >= 0.3 is 0 Å². The second-order valence-corrected chi connectivity index (χ2v) is 3.77. The average molecular weight is 209 g/mol. The van der Waals surface area contributed by atoms with Crippen molar-refractivity contribution in [3.8, 4) is 11.5 Å². The van der Waals surface area contributed by atoms with Gasteiger partial charge in [0.15, 0.2) is 11.5 Å². The largest absolute Gasteiger partial charge is 0.504 e. The Kier molecular flexibility index (Phi) is 2.54. The van der Waals surface area contributed by atoms with E-state index in [1.165, 1.54) is 7.11 Å². The Morgan fingerprint density at radius 3 is 2.87 bits per heavy atom. The minimum absolute atomic E-state index is 0.0264. The molecule has 0 bridgehead atoms. The molecule has 4 nitrogen and oxygen atoms in total. The number of rotatable bonds is 1. The van der Waals surface area contributed by atoms with Gasteiger partial charge in [0.2, 0.25) is 0 Å². The quantitative estimate of drug-likeness (QED) is 0.648. The van der Waals surface area contributed by atoms with E-state index >= 15 is 0 Å². The highest BCUT2D eigenvalue weighted by Gasteiger charge is 2.27. The van der Waals surface area contributed by atoms with Crippen LogP contribution >= 0.6 is 0 Å². The van der Waals surface area contributed by atoms with Gasteiger partial charge in [-0.2, -0.15) is 0 Å². The first-order chi connectivity index (χ1) is 7.15. The lowest BCUT2D eigenvalue weighted by Crippen LogP contribution is -2.31. The third kappa shape index (κ3) is 1.56. The van der Waals surface area contributed by atoms with Crippen LogP contribution in [-0.4, -0.2) is 23.9 Å². The number of aliphatic hydroxyl groups is 1. The van der Waals surface area contributed by atoms with E-state index in [-0.39, 0.29) is 11.8 Å². The average Bonchev–Trinajstić information content (AvgIpc) is 2.23. The SMILES string of the molecule is COc1ccc2c(c1O)[C@@H](C)NC[C@@H]2O. The summed E-state index contributed by atoms with van der Waals surface area (Å²) in [5.41, 5.74) is 1.51. The molecule has 0 unspecified atom stereocenters. The maximum absolute atomic E-state index is 9.95. The third-order valence-electron chi connectivity index (χ3n) is 2.84. The molecule has 1 aromatic rings. The number of β-amino-alcohol motifs (C(OH)–C–C–N with tert-alkyl or cyclic N) is 1. The summed E-state index contributed by atoms with van der Waals surface area (Å²) in [5.74, 6) is 0.560. The van der Waals surface area contributed by atoms with E-state index < -0.39 is 6.10 Å². The highest BCUT2D eigenvalue weighted by Crippen LogP contribution is 2.40. The molecule has 1 aliphatic rings. The van der Waals surface area contributed by atoms with Crippen molar-refractivity contribution in [2.45, 2.75) is 19.1 Å². The zero-order valence-electron chi connectivity index (χ0n) is 8.82. The topological polar surface area (TPSA) is 61.7 Å². The normalized spacial score (nSPS) is 24.7. The van der Waals surface area contributed by atoms with Gasteiger partial charge in [0.1, 0.15) is 0 Å². The standard InChI is InChI=1S/C11H15NO3/c1-6-10-7(8(13)5-12-6)3-4-9(15-2)11(10)14/h3-4,6,8,12-14H,5H2,1-2H3/t6-,8+/m1/s1. The van der Waals surface area contributed by atoms with E-state index in [2.05, 4.69) is 5.32 Å². The number of aromatic hydroxyl groups is 1. The first kappa shape index (κ1) is 10.3. The van der Waals surface area contributed by atoms with Crippen LogP contribution < -0.4 is 10.1 Å². The van der Waals surface area contributed by atoms with Crippen molar-refractivity contribution in [1.82, 2.24) is 5.32 Å². The van der Waals surface area contributed by atoms with Crippen molar-refractivity contribution in [2.24, 2.45) is 0 Å². The molecule has 0 saturated heterocycles. The summed E-state index contributed by atoms with van der Waals surface area (Å²) in [4.78, 5) is 0. The fourth-order valence-corrected chi connectivity index (χ4v) is 2.01. The van der Waals surface area contributed by atoms with Crippen LogP contribution in [0, 0.1) is 0 Å². The molecule has 4 heteroatoms. The molecule has 2 rings (SSSR count). The first-order valence-electron chi connectivity index (χ1n) is 4.96. The van der Waals surface area contributed by atoms with Crippen LogP contribution in [0.1, 0.15) is 30.2 Å². The van der Waals surface area contributed by atoms with Crippen molar-refractivity contribution in [2.75, 3.05) is 13.7 Å². The van der Waals surface area contributed by atoms with E-state index in [1.54, 1.807) is 12.1 Å². The predicted octanol–water partition coefficient (Wildman–Crippen LogP) is 1.10. The van der Waals surface area contributed by atoms with E-state index in [4.69, 9.17) is 4.74 Å². The van der Waals surface area contributed by atoms with Gasteiger partial charge in [0.05, 0.1) is 13.2 Å². The smallest absolute Gasteiger partial charge is 0.162 e. The number of aliphatic hydroxyl groups excluding tert-OH is 1. The van der Waals surface area contributed by atoms with Gasteiger partial charge in [-0.15, -0.1) is 0 Å². The maximum atomic E-state index is 9.95. The number of benzene rings is 1. The van der Waals surface area contributed by atoms with Gasteiger partial charge in [0.25, 0.3) is 0 Å². The van der Waals surface area contributed by atoms with Crippen molar-refractivity contribution in [1.29, 1.82) is 0 Å². The highest BCUT2D eigenvalue weighted by atomic mass is 16.5. The van der Waals surface area contributed by atoms with E-state index in [1.807, 2.05) is 6.92 Å². The Bertz CT molecular complexity index is 378. The molecule has 0 amide bonds. The van der Waals surface area contributed by atoms with Gasteiger partial charge < -0.3 is 20.3 Å². The summed E-state index contributed by atoms with van der Waals surface area (Å²) in [6.45, 7) is 2.46. The van der Waals surface area contributed by atoms with Crippen LogP contribution in [0.5, 0.6) is 11.5 Å². The minimum atomic E-state index is -0.562. The lowest BCUT2D eigenvalue weighted by molar-refractivity contribution is 0.157. The Morgan fingerprint density at radius 2 is 2.20 bits per heavy atom. The van der Waals surface area contributed by atoms with Crippen LogP contribution in [0.15, 0.2) is 12.1 Å². The number of nitrogens with one attached hydrogen (secondary N) is 1. The van der Waals surface area contributed by atoms with Crippen LogP contribution in [-0.2, 0) is 0 Å². The molecular formula is C11H15NO3. The maximum Gasteiger partial charge on any atom is 0.162 e. The van der Waals surface area contributed by atoms with E-state index in [9.17, 15) is 10.2 Å². The molecule has 82 valence electrons. The fraction of sp³-hybridized carbons (Fsp3) is 0.455. The number of methoxy groups -OCH3 is 1. The monoisotopic (exact) mass is 209 g/mol. The highest BCUT2D eigenvalue weighted by molar-refractivity contribution is 5.52. The Labute approximate surface area is 88.5 Å². The summed E-state index contributed by atoms with van der Waals surface area (Å²) in [5, 5.41) is 22.8. The molecule has 2 atom stereocenters. The summed E-state index contributed by atoms with van der Waals surface area (Å²) >= 11 is 0. The molecule has 0 radical (unpaired) electrons. The molecule has 1 aliphatic heterocycles. The molecule has 0 aliphatic carbocycles. The molecule has 1 heterocycles. The molecule has 1 aromatic carbocycles. The van der Waals surface area contributed by atoms with Crippen molar-refractivity contribution in [3.05, 3.63) is 23.3 Å². The van der Waals surface area contributed by atoms with Gasteiger partial charge in [-0.3, -0.25) is 0 Å². The number of phenolic OH excluding ortho intramolecular Hbond substituents is 1. The predicted molar refractivity (Wildman–Crippen MR) is 56.0 cm³/mol. The zero-order valence-corrected chi connectivity index (χ0v) is 8.82. The fourth-order valence-electron chi connectivity index (χ4n) is 2.01. The van der Waals surface area contributed by atoms with Gasteiger partial charge in [-0.05, 0) is 18.6 Å². The lowest BCUT2D eigenvalue weighted by Gasteiger charge is -2.29. The molecule has 3 N–H and O–H groups in total. The Balaban J connectivity index is 2.58. The first-order valence-corrected chi connectivity index (χ1v) is 4.96. The Hall–Kier alpha value is -1.26. The van der Waals surface area contributed by atoms with Crippen LogP contribution in [0.3, 0.4) is 0 Å². The second kappa shape index (κ2) is 3.72. The number of hydrogen-bond donors (Lipinski definition) is 3. The summed E-state index contributed by atoms with van der Waals surface area (Å²) in [6, 6.07) is 3.50. The summed E-state index contributed by atoms with van der Waals surface area (Å²) in [7, 11) is 1.51. The third-order valence-corrected chi connectivity index (χ3v) is 2.84. The van der Waals surface area contributed by atoms with Crippen molar-refractivity contribution < 1.29 is 14.9 Å². The molecular weight excluding hydrogens is 194 g/mol. The van der Waals surface area contributed by atoms with E-state index in [0.717, 1.165) is 11.1 Å². The van der Waals surface area contributed by atoms with Crippen LogP contribution in [0.25, 0.3) is 0 Å². The molecule has 15 heavy (non-hydrogen) atoms. The van der Waals surface area contributed by atoms with Crippen molar-refractivity contribution >= 4 is 0 Å². The number of hydrogen-bond acceptors (Lipinski definition) is 4. The lowest BCUT2D eigenvalue weighted by atomic mass is 9.92. The molecule has 0 aromatic heterocycles. The molecule has 0 spiro atoms. The number of ether oxygens (including phenoxy) is 1. The van der Waals surface area contributed by atoms with Crippen LogP contribution in [0.2, 0.25) is 0 Å². The number of fused-ring (bicyclic) bond motifs is 1. The molecule has 0 saturated carbocycles. The van der Waals surface area contributed by atoms with Crippen LogP contribution in [0.4, 0.5) is 0 Å². The van der Waals surface area contributed by atoms with Gasteiger partial charge in [0, 0.05) is 18.2 Å². The second-order valence-electron chi connectivity index (χ2n) is 3.77.